The zero-order valence-corrected chi connectivity index (χ0v) is 10.4. The van der Waals surface area contributed by atoms with Gasteiger partial charge in [-0.25, -0.2) is 0 Å². The Labute approximate surface area is 97.0 Å². The van der Waals surface area contributed by atoms with Gasteiger partial charge in [-0.2, -0.15) is 0 Å². The van der Waals surface area contributed by atoms with E-state index in [4.69, 9.17) is 9.47 Å². The molecule has 1 aromatic rings. The highest BCUT2D eigenvalue weighted by molar-refractivity contribution is 5.62. The zero-order valence-electron chi connectivity index (χ0n) is 10.4. The normalized spacial score (nSPS) is 14.1. The molecule has 0 atom stereocenters. The number of hydrogen-bond donors (Lipinski definition) is 0. The van der Waals surface area contributed by atoms with E-state index >= 15 is 0 Å². The molecule has 0 unspecified atom stereocenters. The van der Waals surface area contributed by atoms with Crippen LogP contribution in [-0.4, -0.2) is 26.3 Å². The molecule has 0 saturated heterocycles. The lowest BCUT2D eigenvalue weighted by Gasteiger charge is -2.28. The first-order chi connectivity index (χ1) is 7.59. The number of fused-ring (bicyclic) bond motifs is 1. The highest BCUT2D eigenvalue weighted by Crippen LogP contribution is 2.36. The number of rotatable bonds is 2. The van der Waals surface area contributed by atoms with Gasteiger partial charge < -0.3 is 14.4 Å². The van der Waals surface area contributed by atoms with Gasteiger partial charge in [0.2, 0.25) is 0 Å². The minimum Gasteiger partial charge on any atom is -0.486 e. The summed E-state index contributed by atoms with van der Waals surface area (Å²) in [5.41, 5.74) is 2.43. The van der Waals surface area contributed by atoms with Gasteiger partial charge >= 0.3 is 0 Å². The fraction of sp³-hybridized carbons (Fsp3) is 0.538. The van der Waals surface area contributed by atoms with Gasteiger partial charge in [0, 0.05) is 24.8 Å². The van der Waals surface area contributed by atoms with Crippen molar-refractivity contribution in [3.05, 3.63) is 17.7 Å². The van der Waals surface area contributed by atoms with Crippen LogP contribution >= 0.6 is 0 Å². The maximum Gasteiger partial charge on any atom is 0.163 e. The van der Waals surface area contributed by atoms with Crippen molar-refractivity contribution in [2.24, 2.45) is 0 Å². The molecule has 1 aromatic carbocycles. The second kappa shape index (κ2) is 4.24. The number of aryl methyl sites for hydroxylation is 1. The molecule has 0 N–H and O–H groups in total. The van der Waals surface area contributed by atoms with Crippen molar-refractivity contribution in [3.63, 3.8) is 0 Å². The van der Waals surface area contributed by atoms with Crippen LogP contribution in [0.3, 0.4) is 0 Å². The third-order valence-electron chi connectivity index (χ3n) is 3.02. The van der Waals surface area contributed by atoms with Gasteiger partial charge in [-0.3, -0.25) is 0 Å². The predicted octanol–water partition coefficient (Wildman–Crippen LogP) is 2.61. The van der Waals surface area contributed by atoms with E-state index in [9.17, 15) is 0 Å². The highest BCUT2D eigenvalue weighted by Gasteiger charge is 2.16. The Kier molecular flexibility index (Phi) is 2.95. The first-order valence-electron chi connectivity index (χ1n) is 5.72. The number of ether oxygens (including phenoxy) is 2. The Morgan fingerprint density at radius 1 is 1.12 bits per heavy atom. The minimum absolute atomic E-state index is 0.473. The van der Waals surface area contributed by atoms with Crippen molar-refractivity contribution in [1.29, 1.82) is 0 Å². The molecule has 3 heteroatoms. The quantitative estimate of drug-likeness (QED) is 0.766. The maximum atomic E-state index is 5.60. The van der Waals surface area contributed by atoms with Crippen LogP contribution in [0.4, 0.5) is 5.69 Å². The van der Waals surface area contributed by atoms with Gasteiger partial charge in [-0.05, 0) is 32.4 Å². The number of nitrogens with zero attached hydrogens (tertiary/aromatic N) is 1. The Hall–Kier alpha value is -1.38. The zero-order chi connectivity index (χ0) is 11.7. The summed E-state index contributed by atoms with van der Waals surface area (Å²) >= 11 is 0. The summed E-state index contributed by atoms with van der Waals surface area (Å²) in [6.45, 7) is 7.74. The fourth-order valence-corrected chi connectivity index (χ4v) is 1.84. The van der Waals surface area contributed by atoms with Crippen molar-refractivity contribution in [3.8, 4) is 11.5 Å². The third kappa shape index (κ3) is 1.94. The van der Waals surface area contributed by atoms with Crippen LogP contribution in [0.5, 0.6) is 11.5 Å². The third-order valence-corrected chi connectivity index (χ3v) is 3.02. The van der Waals surface area contributed by atoms with Crippen LogP contribution in [0.25, 0.3) is 0 Å². The van der Waals surface area contributed by atoms with Crippen LogP contribution in [0.2, 0.25) is 0 Å². The summed E-state index contributed by atoms with van der Waals surface area (Å²) in [6.07, 6.45) is 0. The topological polar surface area (TPSA) is 21.7 Å². The van der Waals surface area contributed by atoms with Crippen LogP contribution in [0.15, 0.2) is 12.1 Å². The first kappa shape index (κ1) is 11.1. The summed E-state index contributed by atoms with van der Waals surface area (Å²) in [5, 5.41) is 0. The summed E-state index contributed by atoms with van der Waals surface area (Å²) in [7, 11) is 2.10. The Morgan fingerprint density at radius 2 is 1.69 bits per heavy atom. The molecule has 0 amide bonds. The lowest BCUT2D eigenvalue weighted by Crippen LogP contribution is -2.26. The highest BCUT2D eigenvalue weighted by atomic mass is 16.6. The van der Waals surface area contributed by atoms with E-state index in [0.29, 0.717) is 19.3 Å². The molecule has 1 heterocycles. The number of hydrogen-bond acceptors (Lipinski definition) is 3. The molecule has 0 aliphatic carbocycles. The molecule has 0 bridgehead atoms. The molecule has 2 rings (SSSR count). The second-order valence-electron chi connectivity index (χ2n) is 4.49. The number of benzene rings is 1. The summed E-state index contributed by atoms with van der Waals surface area (Å²) in [5.74, 6) is 1.73. The molecule has 0 saturated carbocycles. The smallest absolute Gasteiger partial charge is 0.163 e. The second-order valence-corrected chi connectivity index (χ2v) is 4.49. The molecule has 16 heavy (non-hydrogen) atoms. The maximum absolute atomic E-state index is 5.60. The fourth-order valence-electron chi connectivity index (χ4n) is 1.84. The molecular formula is C13H19NO2. The largest absolute Gasteiger partial charge is 0.486 e. The van der Waals surface area contributed by atoms with Gasteiger partial charge in [-0.15, -0.1) is 0 Å². The Balaban J connectivity index is 2.39. The summed E-state index contributed by atoms with van der Waals surface area (Å²) < 4.78 is 11.2. The van der Waals surface area contributed by atoms with Crippen LogP contribution in [0, 0.1) is 6.92 Å². The van der Waals surface area contributed by atoms with Crippen molar-refractivity contribution >= 4 is 5.69 Å². The molecule has 1 aliphatic rings. The molecule has 0 radical (unpaired) electrons. The van der Waals surface area contributed by atoms with Crippen molar-refractivity contribution in [2.75, 3.05) is 25.2 Å². The Morgan fingerprint density at radius 3 is 2.25 bits per heavy atom. The predicted molar refractivity (Wildman–Crippen MR) is 65.7 cm³/mol. The summed E-state index contributed by atoms with van der Waals surface area (Å²) in [6, 6.07) is 4.60. The van der Waals surface area contributed by atoms with E-state index in [1.165, 1.54) is 11.3 Å². The SMILES string of the molecule is Cc1cc2c(cc1N(C)C(C)C)OCCO2. The van der Waals surface area contributed by atoms with Gasteiger partial charge in [0.15, 0.2) is 11.5 Å². The molecule has 88 valence electrons. The first-order valence-corrected chi connectivity index (χ1v) is 5.72. The van der Waals surface area contributed by atoms with E-state index < -0.39 is 0 Å². The molecule has 0 aromatic heterocycles. The monoisotopic (exact) mass is 221 g/mol. The molecule has 0 spiro atoms. The van der Waals surface area contributed by atoms with E-state index in [-0.39, 0.29) is 0 Å². The Bertz CT molecular complexity index is 388. The van der Waals surface area contributed by atoms with Gasteiger partial charge in [0.1, 0.15) is 13.2 Å². The van der Waals surface area contributed by atoms with Gasteiger partial charge in [-0.1, -0.05) is 0 Å². The molecule has 0 fully saturated rings. The van der Waals surface area contributed by atoms with Gasteiger partial charge in [0.05, 0.1) is 0 Å². The van der Waals surface area contributed by atoms with Crippen molar-refractivity contribution in [2.45, 2.75) is 26.8 Å². The lowest BCUT2D eigenvalue weighted by atomic mass is 10.1. The van der Waals surface area contributed by atoms with Crippen LogP contribution in [0.1, 0.15) is 19.4 Å². The average Bonchev–Trinajstić information content (AvgIpc) is 2.27. The van der Waals surface area contributed by atoms with Crippen LogP contribution < -0.4 is 14.4 Å². The van der Waals surface area contributed by atoms with Crippen LogP contribution in [-0.2, 0) is 0 Å². The average molecular weight is 221 g/mol. The molecule has 3 nitrogen and oxygen atoms in total. The van der Waals surface area contributed by atoms with Gasteiger partial charge in [0.25, 0.3) is 0 Å². The minimum atomic E-state index is 0.473. The van der Waals surface area contributed by atoms with Crippen molar-refractivity contribution < 1.29 is 9.47 Å². The molecular weight excluding hydrogens is 202 g/mol. The van der Waals surface area contributed by atoms with E-state index in [1.54, 1.807) is 0 Å². The number of anilines is 1. The lowest BCUT2D eigenvalue weighted by molar-refractivity contribution is 0.171. The standard InChI is InChI=1S/C13H19NO2/c1-9(2)14(4)11-8-13-12(7-10(11)3)15-5-6-16-13/h7-9H,5-6H2,1-4H3. The summed E-state index contributed by atoms with van der Waals surface area (Å²) in [4.78, 5) is 2.24. The van der Waals surface area contributed by atoms with E-state index in [1.807, 2.05) is 0 Å². The van der Waals surface area contributed by atoms with E-state index in [0.717, 1.165) is 11.5 Å². The van der Waals surface area contributed by atoms with Crippen molar-refractivity contribution in [1.82, 2.24) is 0 Å². The van der Waals surface area contributed by atoms with E-state index in [2.05, 4.69) is 44.9 Å². The molecule has 1 aliphatic heterocycles.